The molecule has 0 radical (unpaired) electrons. The molecule has 82 valence electrons. The van der Waals surface area contributed by atoms with Gasteiger partial charge < -0.3 is 0 Å². The maximum absolute atomic E-state index is 11.0. The van der Waals surface area contributed by atoms with Crippen molar-refractivity contribution in [1.29, 1.82) is 0 Å². The van der Waals surface area contributed by atoms with Crippen LogP contribution in [0.25, 0.3) is 22.2 Å². The third-order valence-corrected chi connectivity index (χ3v) is 2.66. The van der Waals surface area contributed by atoms with Crippen LogP contribution in [0.2, 0.25) is 0 Å². The summed E-state index contributed by atoms with van der Waals surface area (Å²) in [5, 5.41) is 7.65. The van der Waals surface area contributed by atoms with E-state index >= 15 is 0 Å². The number of aromatic nitrogens is 2. The number of carbonyl (C=O) groups excluding carboxylic acids is 1. The highest BCUT2D eigenvalue weighted by molar-refractivity contribution is 5.97. The Kier molecular flexibility index (Phi) is 2.19. The van der Waals surface area contributed by atoms with Gasteiger partial charge in [0.2, 0.25) is 0 Å². The van der Waals surface area contributed by atoms with Crippen LogP contribution in [0, 0.1) is 0 Å². The highest BCUT2D eigenvalue weighted by atomic mass is 16.6. The van der Waals surface area contributed by atoms with E-state index in [4.69, 9.17) is 4.63 Å². The van der Waals surface area contributed by atoms with E-state index in [-0.39, 0.29) is 0 Å². The van der Waals surface area contributed by atoms with Gasteiger partial charge in [0, 0.05) is 11.1 Å². The molecule has 0 aliphatic carbocycles. The fourth-order valence-corrected chi connectivity index (χ4v) is 1.87. The van der Waals surface area contributed by atoms with Crippen LogP contribution in [0.3, 0.4) is 0 Å². The third-order valence-electron chi connectivity index (χ3n) is 2.66. The van der Waals surface area contributed by atoms with Crippen LogP contribution in [0.15, 0.2) is 47.1 Å². The minimum absolute atomic E-state index is 0.628. The summed E-state index contributed by atoms with van der Waals surface area (Å²) in [7, 11) is 0. The van der Waals surface area contributed by atoms with Gasteiger partial charge in [-0.25, -0.2) is 4.63 Å². The van der Waals surface area contributed by atoms with Gasteiger partial charge in [-0.1, -0.05) is 36.4 Å². The molecule has 0 N–H and O–H groups in total. The minimum Gasteiger partial charge on any atom is -0.298 e. The van der Waals surface area contributed by atoms with Crippen LogP contribution in [-0.4, -0.2) is 16.6 Å². The summed E-state index contributed by atoms with van der Waals surface area (Å²) in [6.45, 7) is 0. The van der Waals surface area contributed by atoms with Gasteiger partial charge in [-0.2, -0.15) is 0 Å². The average Bonchev–Trinajstić information content (AvgIpc) is 2.86. The smallest absolute Gasteiger partial charge is 0.150 e. The molecule has 0 atom stereocenters. The van der Waals surface area contributed by atoms with E-state index in [2.05, 4.69) is 10.3 Å². The summed E-state index contributed by atoms with van der Waals surface area (Å²) < 4.78 is 4.71. The van der Waals surface area contributed by atoms with Gasteiger partial charge in [0.05, 0.1) is 0 Å². The number of benzene rings is 2. The fourth-order valence-electron chi connectivity index (χ4n) is 1.87. The Balaban J connectivity index is 2.34. The fraction of sp³-hybridized carbons (Fsp3) is 0. The number of nitrogens with zero attached hydrogens (tertiary/aromatic N) is 2. The van der Waals surface area contributed by atoms with E-state index < -0.39 is 0 Å². The highest BCUT2D eigenvalue weighted by Crippen LogP contribution is 2.28. The molecule has 3 aromatic rings. The van der Waals surface area contributed by atoms with Crippen molar-refractivity contribution in [2.24, 2.45) is 0 Å². The standard InChI is InChI=1S/C13H8N2O2/c16-8-9-4-1-2-5-10(9)11-6-3-7-12-13(11)15-17-14-12/h1-8H. The molecule has 0 aliphatic rings. The van der Waals surface area contributed by atoms with Crippen LogP contribution < -0.4 is 0 Å². The van der Waals surface area contributed by atoms with E-state index in [9.17, 15) is 4.79 Å². The van der Waals surface area contributed by atoms with E-state index in [0.717, 1.165) is 17.4 Å². The van der Waals surface area contributed by atoms with Crippen LogP contribution >= 0.6 is 0 Å². The van der Waals surface area contributed by atoms with E-state index in [1.807, 2.05) is 36.4 Å². The quantitative estimate of drug-likeness (QED) is 0.628. The first-order valence-electron chi connectivity index (χ1n) is 5.16. The van der Waals surface area contributed by atoms with Crippen molar-refractivity contribution >= 4 is 17.3 Å². The molecule has 0 saturated heterocycles. The molecule has 4 heteroatoms. The number of hydrogen-bond donors (Lipinski definition) is 0. The Morgan fingerprint density at radius 3 is 2.65 bits per heavy atom. The number of rotatable bonds is 2. The number of hydrogen-bond acceptors (Lipinski definition) is 4. The van der Waals surface area contributed by atoms with Crippen LogP contribution in [-0.2, 0) is 0 Å². The third kappa shape index (κ3) is 1.50. The molecule has 0 unspecified atom stereocenters. The van der Waals surface area contributed by atoms with Crippen LogP contribution in [0.5, 0.6) is 0 Å². The van der Waals surface area contributed by atoms with Gasteiger partial charge >= 0.3 is 0 Å². The average molecular weight is 224 g/mol. The summed E-state index contributed by atoms with van der Waals surface area (Å²) in [4.78, 5) is 11.0. The van der Waals surface area contributed by atoms with Gasteiger partial charge in [-0.05, 0) is 21.9 Å². The lowest BCUT2D eigenvalue weighted by Crippen LogP contribution is -1.87. The largest absolute Gasteiger partial charge is 0.298 e. The lowest BCUT2D eigenvalue weighted by atomic mass is 9.99. The summed E-state index contributed by atoms with van der Waals surface area (Å²) in [5.74, 6) is 0. The summed E-state index contributed by atoms with van der Waals surface area (Å²) in [5.41, 5.74) is 3.67. The van der Waals surface area contributed by atoms with Gasteiger partial charge in [0.25, 0.3) is 0 Å². The maximum Gasteiger partial charge on any atom is 0.150 e. The van der Waals surface area contributed by atoms with Gasteiger partial charge in [-0.15, -0.1) is 0 Å². The molecule has 0 saturated carbocycles. The van der Waals surface area contributed by atoms with Crippen molar-refractivity contribution < 1.29 is 9.42 Å². The number of fused-ring (bicyclic) bond motifs is 1. The molecule has 17 heavy (non-hydrogen) atoms. The topological polar surface area (TPSA) is 56.0 Å². The highest BCUT2D eigenvalue weighted by Gasteiger charge is 2.10. The molecule has 0 spiro atoms. The molecular weight excluding hydrogens is 216 g/mol. The Labute approximate surface area is 96.8 Å². The second-order valence-electron chi connectivity index (χ2n) is 3.64. The van der Waals surface area contributed by atoms with E-state index in [1.165, 1.54) is 0 Å². The van der Waals surface area contributed by atoms with Gasteiger partial charge in [-0.3, -0.25) is 4.79 Å². The Morgan fingerprint density at radius 2 is 1.76 bits per heavy atom. The van der Waals surface area contributed by atoms with Crippen LogP contribution in [0.1, 0.15) is 10.4 Å². The first-order chi connectivity index (χ1) is 8.40. The molecule has 1 aromatic heterocycles. The molecule has 4 nitrogen and oxygen atoms in total. The van der Waals surface area contributed by atoms with Crippen LogP contribution in [0.4, 0.5) is 0 Å². The summed E-state index contributed by atoms with van der Waals surface area (Å²) >= 11 is 0. The van der Waals surface area contributed by atoms with Gasteiger partial charge in [0.1, 0.15) is 11.0 Å². The van der Waals surface area contributed by atoms with Crippen molar-refractivity contribution in [2.45, 2.75) is 0 Å². The molecule has 0 bridgehead atoms. The lowest BCUT2D eigenvalue weighted by molar-refractivity contribution is 0.112. The zero-order chi connectivity index (χ0) is 11.7. The van der Waals surface area contributed by atoms with Crippen molar-refractivity contribution in [3.05, 3.63) is 48.0 Å². The lowest BCUT2D eigenvalue weighted by Gasteiger charge is -2.04. The number of carbonyl (C=O) groups is 1. The van der Waals surface area contributed by atoms with E-state index in [1.54, 1.807) is 6.07 Å². The van der Waals surface area contributed by atoms with Crippen molar-refractivity contribution in [3.8, 4) is 11.1 Å². The Hall–Kier alpha value is -2.49. The predicted molar refractivity (Wildman–Crippen MR) is 62.6 cm³/mol. The Bertz CT molecular complexity index is 688. The minimum atomic E-state index is 0.628. The zero-order valence-electron chi connectivity index (χ0n) is 8.83. The molecule has 0 aliphatic heterocycles. The molecular formula is C13H8N2O2. The van der Waals surface area contributed by atoms with Crippen molar-refractivity contribution in [2.75, 3.05) is 0 Å². The Morgan fingerprint density at radius 1 is 0.941 bits per heavy atom. The number of aldehydes is 1. The SMILES string of the molecule is O=Cc1ccccc1-c1cccc2nonc12. The molecule has 0 amide bonds. The van der Waals surface area contributed by atoms with Crippen molar-refractivity contribution in [1.82, 2.24) is 10.3 Å². The predicted octanol–water partition coefficient (Wildman–Crippen LogP) is 2.70. The normalized spacial score (nSPS) is 10.6. The van der Waals surface area contributed by atoms with E-state index in [0.29, 0.717) is 16.6 Å². The molecule has 3 rings (SSSR count). The first-order valence-corrected chi connectivity index (χ1v) is 5.16. The second kappa shape index (κ2) is 3.83. The molecule has 0 fully saturated rings. The molecule has 1 heterocycles. The van der Waals surface area contributed by atoms with Gasteiger partial charge in [0.15, 0.2) is 6.29 Å². The summed E-state index contributed by atoms with van der Waals surface area (Å²) in [6, 6.07) is 12.9. The second-order valence-corrected chi connectivity index (χ2v) is 3.64. The maximum atomic E-state index is 11.0. The first kappa shape index (κ1) is 9.72. The zero-order valence-corrected chi connectivity index (χ0v) is 8.83. The monoisotopic (exact) mass is 224 g/mol. The molecule has 2 aromatic carbocycles. The summed E-state index contributed by atoms with van der Waals surface area (Å²) in [6.07, 6.45) is 0.835. The van der Waals surface area contributed by atoms with Crippen molar-refractivity contribution in [3.63, 3.8) is 0 Å².